The number of fused-ring (bicyclic) bond motifs is 9. The number of nitrogen functional groups attached to an aromatic ring is 1. The Labute approximate surface area is 675 Å². The molecule has 12 aromatic heterocycles. The normalized spacial score (nSPS) is 18.7. The highest BCUT2D eigenvalue weighted by Gasteiger charge is 2.47. The highest BCUT2D eigenvalue weighted by molar-refractivity contribution is 5.90. The zero-order valence-electron chi connectivity index (χ0n) is 66.0. The van der Waals surface area contributed by atoms with Gasteiger partial charge in [-0.15, -0.1) is 15.3 Å². The minimum absolute atomic E-state index is 0.0837. The number of halogens is 1. The summed E-state index contributed by atoms with van der Waals surface area (Å²) < 4.78 is 51.7. The van der Waals surface area contributed by atoms with Crippen molar-refractivity contribution in [1.82, 2.24) is 73.4 Å². The molecule has 9 aliphatic rings. The summed E-state index contributed by atoms with van der Waals surface area (Å²) in [5.74, 6) is 6.13. The van der Waals surface area contributed by atoms with Crippen molar-refractivity contribution < 1.29 is 43.0 Å². The van der Waals surface area contributed by atoms with Gasteiger partial charge in [-0.3, -0.25) is 14.7 Å². The smallest absolute Gasteiger partial charge is 0.251 e. The van der Waals surface area contributed by atoms with E-state index in [0.29, 0.717) is 123 Å². The summed E-state index contributed by atoms with van der Waals surface area (Å²) in [6.07, 6.45) is 19.7. The predicted octanol–water partition coefficient (Wildman–Crippen LogP) is 9.48. The number of nitriles is 3. The molecular weight excluding hydrogens is 1490 g/mol. The molecule has 9 fully saturated rings. The van der Waals surface area contributed by atoms with Gasteiger partial charge in [-0.25, -0.2) is 43.5 Å². The van der Waals surface area contributed by atoms with Crippen LogP contribution in [0.2, 0.25) is 0 Å². The lowest BCUT2D eigenvalue weighted by atomic mass is 9.87. The SMILES string of the molecule is CCOc1cc(-c2ccc(N3CC4CC(C3)N4Cc3ccc(OC)nc3)nc2)c2c(C#N)c(F)nn2c1.CCOc1cc(-c2ccc(N3CC4CC(C3)N4Cc3ccc(OC)nc3)nc2)c2c(C#N)c(N)nn2c1.COc1ccc(CN2C3CC2CN(c2ccc(-c4cc(OCC(C)(C)O)cn5nc(NCCO)c(C#N)c45)cn2)C3)cn1. The van der Waals surface area contributed by atoms with Gasteiger partial charge in [0.05, 0.1) is 81.9 Å². The van der Waals surface area contributed by atoms with Crippen LogP contribution in [0, 0.1) is 39.9 Å². The lowest BCUT2D eigenvalue weighted by Gasteiger charge is -2.56. The summed E-state index contributed by atoms with van der Waals surface area (Å²) in [7, 11) is 4.88. The molecule has 9 aliphatic heterocycles. The Morgan fingerprint density at radius 2 is 0.855 bits per heavy atom. The van der Waals surface area contributed by atoms with Crippen LogP contribution < -0.4 is 54.2 Å². The van der Waals surface area contributed by atoms with E-state index in [4.69, 9.17) is 49.1 Å². The van der Waals surface area contributed by atoms with Gasteiger partial charge in [0.25, 0.3) is 5.95 Å². The average Bonchev–Trinajstić information content (AvgIpc) is 1.52. The van der Waals surface area contributed by atoms with E-state index < -0.39 is 11.5 Å². The van der Waals surface area contributed by atoms with Crippen LogP contribution in [0.5, 0.6) is 34.9 Å². The number of nitrogens with two attached hydrogens (primary N) is 1. The fraction of sp³-hybridized carbons (Fsp3) is 0.365. The first kappa shape index (κ1) is 77.9. The Bertz CT molecular complexity index is 5430. The van der Waals surface area contributed by atoms with Crippen LogP contribution in [-0.2, 0) is 19.6 Å². The Kier molecular flexibility index (Phi) is 22.3. The second kappa shape index (κ2) is 33.4. The fourth-order valence-electron chi connectivity index (χ4n) is 16.7. The Morgan fingerprint density at radius 1 is 0.487 bits per heavy atom. The second-order valence-corrected chi connectivity index (χ2v) is 30.5. The van der Waals surface area contributed by atoms with E-state index in [1.807, 2.05) is 118 Å². The number of piperazine rings is 3. The summed E-state index contributed by atoms with van der Waals surface area (Å²) in [5.41, 5.74) is 15.5. The van der Waals surface area contributed by atoms with Crippen molar-refractivity contribution in [3.8, 4) is 86.5 Å². The van der Waals surface area contributed by atoms with Crippen LogP contribution in [0.25, 0.3) is 49.9 Å². The number of aliphatic hydroxyl groups excluding tert-OH is 1. The van der Waals surface area contributed by atoms with E-state index in [0.717, 1.165) is 104 Å². The number of hydrogen-bond acceptors (Lipinski definition) is 28. The molecule has 6 atom stereocenters. The molecular formula is C85H90FN23O8. The van der Waals surface area contributed by atoms with Gasteiger partial charge in [0.1, 0.15) is 76.2 Å². The van der Waals surface area contributed by atoms with Gasteiger partial charge >= 0.3 is 0 Å². The molecule has 21 rings (SSSR count). The van der Waals surface area contributed by atoms with Gasteiger partial charge in [-0.1, -0.05) is 18.2 Å². The number of aromatic nitrogens is 12. The molecule has 0 aliphatic carbocycles. The fourth-order valence-corrected chi connectivity index (χ4v) is 16.7. The minimum atomic E-state index is -1.02. The van der Waals surface area contributed by atoms with Gasteiger partial charge in [0, 0.05) is 190 Å². The van der Waals surface area contributed by atoms with E-state index in [1.54, 1.807) is 75.1 Å². The number of pyridine rings is 9. The third-order valence-corrected chi connectivity index (χ3v) is 22.3. The molecule has 0 spiro atoms. The number of anilines is 5. The topological polar surface area (TPSA) is 354 Å². The molecule has 600 valence electrons. The molecule has 32 heteroatoms. The molecule has 21 heterocycles. The number of nitrogens with zero attached hydrogens (tertiary/aromatic N) is 21. The molecule has 0 saturated carbocycles. The molecule has 0 aromatic carbocycles. The maximum absolute atomic E-state index is 14.3. The molecule has 117 heavy (non-hydrogen) atoms. The van der Waals surface area contributed by atoms with Crippen molar-refractivity contribution in [3.05, 3.63) is 186 Å². The highest BCUT2D eigenvalue weighted by atomic mass is 19.1. The van der Waals surface area contributed by atoms with Crippen molar-refractivity contribution in [2.45, 2.75) is 108 Å². The van der Waals surface area contributed by atoms with Gasteiger partial charge < -0.3 is 64.4 Å². The summed E-state index contributed by atoms with van der Waals surface area (Å²) in [6.45, 7) is 16.5. The number of methoxy groups -OCH3 is 3. The first-order chi connectivity index (χ1) is 56.9. The number of hydrogen-bond donors (Lipinski definition) is 4. The standard InChI is InChI=1S/C31H36N8O4.C27H26FN7O2.C27H28N8O2/c1-31(2,41)19-43-24-11-25(29-26(12-32)30(33-8-9-40)36-39(29)18-24)21-5-6-27(34-14-21)37-16-22-10-23(17-37)38(22)15-20-4-7-28(42-3)35-13-20;1-3-37-21-9-22(26-23(10-29)27(28)32-35(26)16-21)18-5-6-24(30-12-18)33-14-19-8-20(15-33)34(19)13-17-4-7-25(36-2)31-11-17;1-3-37-21-9-22(26-23(10-28)27(29)32-35(26)16-21)18-5-6-24(30-12-18)33-14-19-8-20(15-33)34(19)13-17-4-7-25(36-2)31-11-17/h4-7,11,13-14,18,22-23,40-41H,8-10,15-17,19H2,1-3H3,(H,33,36);4-7,9,11-12,16,19-20H,3,8,13-15H2,1-2H3;4-7,9,11-12,16,19-20H,3,8,13-15H2,1-2H3,(H2,29,32). The van der Waals surface area contributed by atoms with Crippen molar-refractivity contribution in [3.63, 3.8) is 0 Å². The van der Waals surface area contributed by atoms with Crippen molar-refractivity contribution in [2.75, 3.05) is 119 Å². The van der Waals surface area contributed by atoms with Gasteiger partial charge in [0.15, 0.2) is 11.6 Å². The Morgan fingerprint density at radius 3 is 1.19 bits per heavy atom. The zero-order valence-corrected chi connectivity index (χ0v) is 66.0. The van der Waals surface area contributed by atoms with Gasteiger partial charge in [-0.05, 0) is 118 Å². The molecule has 9 saturated heterocycles. The summed E-state index contributed by atoms with van der Waals surface area (Å²) in [6, 6.07) is 38.8. The van der Waals surface area contributed by atoms with Crippen LogP contribution in [0.15, 0.2) is 147 Å². The van der Waals surface area contributed by atoms with Crippen molar-refractivity contribution in [1.29, 1.82) is 15.8 Å². The number of nitrogens with one attached hydrogen (secondary N) is 1. The summed E-state index contributed by atoms with van der Waals surface area (Å²) in [5, 5.41) is 64.5. The lowest BCUT2D eigenvalue weighted by Crippen LogP contribution is -2.68. The molecule has 6 unspecified atom stereocenters. The first-order valence-electron chi connectivity index (χ1n) is 39.1. The minimum Gasteiger partial charge on any atom is -0.492 e. The summed E-state index contributed by atoms with van der Waals surface area (Å²) in [4.78, 5) is 42.0. The molecule has 0 amide bonds. The molecule has 5 N–H and O–H groups in total. The van der Waals surface area contributed by atoms with Crippen molar-refractivity contribution >= 4 is 45.6 Å². The maximum atomic E-state index is 14.3. The van der Waals surface area contributed by atoms with Crippen LogP contribution in [-0.4, -0.2) is 219 Å². The quantitative estimate of drug-likeness (QED) is 0.0413. The molecule has 6 bridgehead atoms. The van der Waals surface area contributed by atoms with Gasteiger partial charge in [0.2, 0.25) is 17.6 Å². The number of ether oxygens (including phenoxy) is 6. The van der Waals surface area contributed by atoms with Crippen LogP contribution in [0.4, 0.5) is 33.5 Å². The monoisotopic (exact) mass is 1580 g/mol. The molecule has 31 nitrogen and oxygen atoms in total. The predicted molar refractivity (Wildman–Crippen MR) is 436 cm³/mol. The van der Waals surface area contributed by atoms with Crippen molar-refractivity contribution in [2.24, 2.45) is 0 Å². The van der Waals surface area contributed by atoms with E-state index in [-0.39, 0.29) is 31.1 Å². The van der Waals surface area contributed by atoms with Crippen LogP contribution in [0.1, 0.15) is 80.3 Å². The average molecular weight is 1580 g/mol. The highest BCUT2D eigenvalue weighted by Crippen LogP contribution is 2.42. The molecule has 12 aromatic rings. The van der Waals surface area contributed by atoms with E-state index in [2.05, 4.69) is 95.3 Å². The number of aliphatic hydroxyl groups is 2. The third-order valence-electron chi connectivity index (χ3n) is 22.3. The van der Waals surface area contributed by atoms with Crippen LogP contribution in [0.3, 0.4) is 0 Å². The lowest BCUT2D eigenvalue weighted by molar-refractivity contribution is -0.00879. The Hall–Kier alpha value is -13.0. The number of rotatable bonds is 25. The molecule has 0 radical (unpaired) electrons. The van der Waals surface area contributed by atoms with E-state index in [1.165, 1.54) is 40.5 Å². The van der Waals surface area contributed by atoms with Gasteiger partial charge in [-0.2, -0.15) is 20.2 Å². The zero-order chi connectivity index (χ0) is 81.2. The largest absolute Gasteiger partial charge is 0.492 e. The van der Waals surface area contributed by atoms with E-state index in [9.17, 15) is 30.4 Å². The maximum Gasteiger partial charge on any atom is 0.251 e. The first-order valence-corrected chi connectivity index (χ1v) is 39.1. The summed E-state index contributed by atoms with van der Waals surface area (Å²) >= 11 is 0. The van der Waals surface area contributed by atoms with Crippen LogP contribution >= 0.6 is 0 Å². The van der Waals surface area contributed by atoms with E-state index >= 15 is 0 Å². The second-order valence-electron chi connectivity index (χ2n) is 30.5. The third kappa shape index (κ3) is 16.1. The number of piperidine rings is 3. The Balaban J connectivity index is 0.000000132.